The molecule has 5 nitrogen and oxygen atoms in total. The molecule has 1 heterocycles. The molecular formula is C13H24N2O3. The van der Waals surface area contributed by atoms with Gasteiger partial charge in [0.2, 0.25) is 0 Å². The summed E-state index contributed by atoms with van der Waals surface area (Å²) in [6.45, 7) is 7.55. The van der Waals surface area contributed by atoms with E-state index in [0.717, 1.165) is 26.3 Å². The summed E-state index contributed by atoms with van der Waals surface area (Å²) >= 11 is 0. The monoisotopic (exact) mass is 256 g/mol. The fourth-order valence-corrected chi connectivity index (χ4v) is 2.24. The van der Waals surface area contributed by atoms with Crippen LogP contribution in [0.3, 0.4) is 0 Å². The van der Waals surface area contributed by atoms with E-state index >= 15 is 0 Å². The summed E-state index contributed by atoms with van der Waals surface area (Å²) in [6, 6.07) is 0.686. The van der Waals surface area contributed by atoms with Crippen molar-refractivity contribution in [3.63, 3.8) is 0 Å². The first-order chi connectivity index (χ1) is 8.70. The van der Waals surface area contributed by atoms with E-state index in [-0.39, 0.29) is 12.0 Å². The molecule has 1 aliphatic carbocycles. The summed E-state index contributed by atoms with van der Waals surface area (Å²) in [6.07, 6.45) is 2.35. The number of carbonyl (C=O) groups is 1. The van der Waals surface area contributed by atoms with Crippen molar-refractivity contribution < 1.29 is 14.3 Å². The van der Waals surface area contributed by atoms with E-state index in [0.29, 0.717) is 18.7 Å². The molecule has 104 valence electrons. The van der Waals surface area contributed by atoms with Crippen LogP contribution in [0.1, 0.15) is 26.7 Å². The first kappa shape index (κ1) is 13.8. The summed E-state index contributed by atoms with van der Waals surface area (Å²) in [5.74, 6) is -0.122. The van der Waals surface area contributed by atoms with Gasteiger partial charge >= 0.3 is 5.97 Å². The predicted molar refractivity (Wildman–Crippen MR) is 68.4 cm³/mol. The summed E-state index contributed by atoms with van der Waals surface area (Å²) in [5.41, 5.74) is 0. The number of nitrogens with one attached hydrogen (secondary N) is 1. The van der Waals surface area contributed by atoms with Gasteiger partial charge in [-0.15, -0.1) is 0 Å². The highest BCUT2D eigenvalue weighted by molar-refractivity contribution is 5.76. The van der Waals surface area contributed by atoms with Crippen molar-refractivity contribution in [2.75, 3.05) is 32.9 Å². The van der Waals surface area contributed by atoms with Crippen LogP contribution in [-0.2, 0) is 14.3 Å². The average molecular weight is 256 g/mol. The third-order valence-corrected chi connectivity index (χ3v) is 3.51. The Bertz CT molecular complexity index is 281. The number of morpholine rings is 1. The topological polar surface area (TPSA) is 50.8 Å². The lowest BCUT2D eigenvalue weighted by Crippen LogP contribution is -2.53. The third-order valence-electron chi connectivity index (χ3n) is 3.51. The molecule has 2 rings (SSSR count). The van der Waals surface area contributed by atoms with Crippen LogP contribution in [0.5, 0.6) is 0 Å². The standard InChI is InChI=1S/C13H24N2O3/c1-3-18-13(16)12(14-11-4-5-11)8-15-6-7-17-9-10(15)2/h10-12,14H,3-9H2,1-2H3. The van der Waals surface area contributed by atoms with Gasteiger partial charge in [0, 0.05) is 25.2 Å². The molecule has 0 aromatic heterocycles. The summed E-state index contributed by atoms with van der Waals surface area (Å²) in [5, 5.41) is 3.39. The van der Waals surface area contributed by atoms with Crippen molar-refractivity contribution in [3.05, 3.63) is 0 Å². The van der Waals surface area contributed by atoms with Crippen molar-refractivity contribution in [3.8, 4) is 0 Å². The number of nitrogens with zero attached hydrogens (tertiary/aromatic N) is 1. The highest BCUT2D eigenvalue weighted by Crippen LogP contribution is 2.20. The number of rotatable bonds is 6. The minimum Gasteiger partial charge on any atom is -0.465 e. The molecule has 2 atom stereocenters. The predicted octanol–water partition coefficient (Wildman–Crippen LogP) is 0.391. The Hall–Kier alpha value is -0.650. The first-order valence-electron chi connectivity index (χ1n) is 6.95. The Morgan fingerprint density at radius 3 is 2.94 bits per heavy atom. The van der Waals surface area contributed by atoms with Crippen molar-refractivity contribution in [2.45, 2.75) is 44.8 Å². The Morgan fingerprint density at radius 2 is 2.33 bits per heavy atom. The smallest absolute Gasteiger partial charge is 0.324 e. The van der Waals surface area contributed by atoms with E-state index in [4.69, 9.17) is 9.47 Å². The second kappa shape index (κ2) is 6.50. The molecule has 0 spiro atoms. The lowest BCUT2D eigenvalue weighted by atomic mass is 10.2. The van der Waals surface area contributed by atoms with Gasteiger partial charge in [-0.25, -0.2) is 0 Å². The molecule has 2 unspecified atom stereocenters. The fourth-order valence-electron chi connectivity index (χ4n) is 2.24. The molecule has 1 N–H and O–H groups in total. The van der Waals surface area contributed by atoms with E-state index in [2.05, 4.69) is 17.1 Å². The zero-order valence-electron chi connectivity index (χ0n) is 11.4. The first-order valence-corrected chi connectivity index (χ1v) is 6.95. The van der Waals surface area contributed by atoms with Crippen molar-refractivity contribution in [1.82, 2.24) is 10.2 Å². The van der Waals surface area contributed by atoms with Crippen molar-refractivity contribution >= 4 is 5.97 Å². The maximum atomic E-state index is 11.9. The molecule has 2 fully saturated rings. The minimum atomic E-state index is -0.196. The largest absolute Gasteiger partial charge is 0.465 e. The Balaban J connectivity index is 1.88. The van der Waals surface area contributed by atoms with E-state index in [1.807, 2.05) is 6.92 Å². The molecule has 0 bridgehead atoms. The number of hydrogen-bond donors (Lipinski definition) is 1. The maximum Gasteiger partial charge on any atom is 0.324 e. The third kappa shape index (κ3) is 3.93. The van der Waals surface area contributed by atoms with Gasteiger partial charge in [-0.2, -0.15) is 0 Å². The minimum absolute atomic E-state index is 0.122. The van der Waals surface area contributed by atoms with Crippen LogP contribution in [-0.4, -0.2) is 61.9 Å². The number of ether oxygens (including phenoxy) is 2. The lowest BCUT2D eigenvalue weighted by Gasteiger charge is -2.35. The molecule has 1 saturated carbocycles. The van der Waals surface area contributed by atoms with Crippen LogP contribution in [0.15, 0.2) is 0 Å². The van der Waals surface area contributed by atoms with Gasteiger partial charge in [-0.1, -0.05) is 0 Å². The van der Waals surface area contributed by atoms with E-state index in [9.17, 15) is 4.79 Å². The zero-order chi connectivity index (χ0) is 13.0. The van der Waals surface area contributed by atoms with E-state index in [1.54, 1.807) is 0 Å². The second-order valence-electron chi connectivity index (χ2n) is 5.16. The SMILES string of the molecule is CCOC(=O)C(CN1CCOCC1C)NC1CC1. The average Bonchev–Trinajstić information content (AvgIpc) is 3.15. The zero-order valence-corrected chi connectivity index (χ0v) is 11.4. The molecule has 1 saturated heterocycles. The molecule has 0 radical (unpaired) electrons. The number of hydrogen-bond acceptors (Lipinski definition) is 5. The molecule has 0 amide bonds. The Morgan fingerprint density at radius 1 is 1.56 bits per heavy atom. The highest BCUT2D eigenvalue weighted by Gasteiger charge is 2.32. The second-order valence-corrected chi connectivity index (χ2v) is 5.16. The maximum absolute atomic E-state index is 11.9. The van der Waals surface area contributed by atoms with E-state index in [1.165, 1.54) is 12.8 Å². The van der Waals surface area contributed by atoms with Crippen LogP contribution in [0.25, 0.3) is 0 Å². The normalized spacial score (nSPS) is 26.9. The van der Waals surface area contributed by atoms with Gasteiger partial charge in [0.05, 0.1) is 19.8 Å². The highest BCUT2D eigenvalue weighted by atomic mass is 16.5. The van der Waals surface area contributed by atoms with Crippen molar-refractivity contribution in [1.29, 1.82) is 0 Å². The Labute approximate surface area is 109 Å². The lowest BCUT2D eigenvalue weighted by molar-refractivity contribution is -0.146. The summed E-state index contributed by atoms with van der Waals surface area (Å²) in [4.78, 5) is 14.3. The van der Waals surface area contributed by atoms with E-state index < -0.39 is 0 Å². The molecule has 5 heteroatoms. The van der Waals surface area contributed by atoms with Crippen LogP contribution < -0.4 is 5.32 Å². The van der Waals surface area contributed by atoms with Gasteiger partial charge in [-0.05, 0) is 26.7 Å². The summed E-state index contributed by atoms with van der Waals surface area (Å²) in [7, 11) is 0. The molecule has 0 aromatic carbocycles. The Kier molecular flexibility index (Phi) is 4.97. The van der Waals surface area contributed by atoms with Crippen LogP contribution in [0.2, 0.25) is 0 Å². The molecule has 0 aromatic rings. The number of esters is 1. The molecule has 1 aliphatic heterocycles. The quantitative estimate of drug-likeness (QED) is 0.697. The van der Waals surface area contributed by atoms with Gasteiger partial charge in [-0.3, -0.25) is 9.69 Å². The van der Waals surface area contributed by atoms with Crippen molar-refractivity contribution in [2.24, 2.45) is 0 Å². The van der Waals surface area contributed by atoms with Crippen LogP contribution >= 0.6 is 0 Å². The summed E-state index contributed by atoms with van der Waals surface area (Å²) < 4.78 is 10.6. The van der Waals surface area contributed by atoms with Crippen LogP contribution in [0, 0.1) is 0 Å². The number of carbonyl (C=O) groups excluding carboxylic acids is 1. The fraction of sp³-hybridized carbons (Fsp3) is 0.923. The molecule has 2 aliphatic rings. The van der Waals surface area contributed by atoms with Gasteiger partial charge in [0.25, 0.3) is 0 Å². The van der Waals surface area contributed by atoms with Crippen LogP contribution in [0.4, 0.5) is 0 Å². The van der Waals surface area contributed by atoms with Gasteiger partial charge < -0.3 is 14.8 Å². The molecular weight excluding hydrogens is 232 g/mol. The molecule has 18 heavy (non-hydrogen) atoms. The van der Waals surface area contributed by atoms with Gasteiger partial charge in [0.1, 0.15) is 6.04 Å². The van der Waals surface area contributed by atoms with Gasteiger partial charge in [0.15, 0.2) is 0 Å².